The number of amides is 2. The van der Waals surface area contributed by atoms with E-state index in [4.69, 9.17) is 0 Å². The summed E-state index contributed by atoms with van der Waals surface area (Å²) in [6.45, 7) is 0.240. The number of carbonyl (C=O) groups excluding carboxylic acids is 3. The molecule has 1 N–H and O–H groups in total. The average molecular weight is 356 g/mol. The van der Waals surface area contributed by atoms with Crippen molar-refractivity contribution in [3.63, 3.8) is 0 Å². The van der Waals surface area contributed by atoms with Crippen molar-refractivity contribution in [1.82, 2.24) is 0 Å². The van der Waals surface area contributed by atoms with Crippen LogP contribution in [-0.2, 0) is 14.3 Å². The van der Waals surface area contributed by atoms with Crippen LogP contribution >= 0.6 is 0 Å². The molecular formula is C19H17FN2O4. The van der Waals surface area contributed by atoms with Crippen LogP contribution < -0.4 is 10.2 Å². The number of hydrogen-bond acceptors (Lipinski definition) is 4. The Kier molecular flexibility index (Phi) is 4.97. The fraction of sp³-hybridized carbons (Fsp3) is 0.211. The highest BCUT2D eigenvalue weighted by Crippen LogP contribution is 2.26. The molecule has 1 heterocycles. The van der Waals surface area contributed by atoms with Gasteiger partial charge >= 0.3 is 5.97 Å². The number of ether oxygens (including phenoxy) is 1. The van der Waals surface area contributed by atoms with Gasteiger partial charge in [0.1, 0.15) is 5.82 Å². The number of benzene rings is 2. The summed E-state index contributed by atoms with van der Waals surface area (Å²) >= 11 is 0. The van der Waals surface area contributed by atoms with Gasteiger partial charge < -0.3 is 15.0 Å². The maximum atomic E-state index is 12.9. The molecule has 1 saturated heterocycles. The highest BCUT2D eigenvalue weighted by molar-refractivity contribution is 6.03. The molecule has 0 bridgehead atoms. The van der Waals surface area contributed by atoms with Crippen LogP contribution in [0.5, 0.6) is 0 Å². The van der Waals surface area contributed by atoms with E-state index in [1.54, 1.807) is 24.3 Å². The van der Waals surface area contributed by atoms with Gasteiger partial charge in [-0.25, -0.2) is 9.18 Å². The molecule has 6 nitrogen and oxygen atoms in total. The molecule has 0 aromatic heterocycles. The number of methoxy groups -OCH3 is 1. The lowest BCUT2D eigenvalue weighted by molar-refractivity contribution is -0.122. The van der Waals surface area contributed by atoms with E-state index in [2.05, 4.69) is 10.1 Å². The van der Waals surface area contributed by atoms with E-state index < -0.39 is 11.9 Å². The molecule has 0 spiro atoms. The molecule has 2 aromatic rings. The zero-order valence-electron chi connectivity index (χ0n) is 14.1. The molecular weight excluding hydrogens is 339 g/mol. The van der Waals surface area contributed by atoms with Crippen molar-refractivity contribution in [1.29, 1.82) is 0 Å². The van der Waals surface area contributed by atoms with Crippen molar-refractivity contribution in [2.24, 2.45) is 5.92 Å². The lowest BCUT2D eigenvalue weighted by Gasteiger charge is -2.17. The number of esters is 1. The topological polar surface area (TPSA) is 75.7 Å². The largest absolute Gasteiger partial charge is 0.465 e. The second-order valence-electron chi connectivity index (χ2n) is 5.94. The van der Waals surface area contributed by atoms with Gasteiger partial charge in [-0.1, -0.05) is 0 Å². The van der Waals surface area contributed by atoms with Gasteiger partial charge in [-0.05, 0) is 48.5 Å². The SMILES string of the molecule is COC(=O)c1ccc(N2CC(C(=O)Nc3ccc(F)cc3)CC2=O)cc1. The van der Waals surface area contributed by atoms with Gasteiger partial charge in [-0.2, -0.15) is 0 Å². The van der Waals surface area contributed by atoms with Crippen LogP contribution in [0.15, 0.2) is 48.5 Å². The molecule has 0 radical (unpaired) electrons. The Morgan fingerprint density at radius 1 is 1.12 bits per heavy atom. The number of hydrogen-bond donors (Lipinski definition) is 1. The fourth-order valence-corrected chi connectivity index (χ4v) is 2.81. The summed E-state index contributed by atoms with van der Waals surface area (Å²) in [5, 5.41) is 2.69. The maximum absolute atomic E-state index is 12.9. The third-order valence-corrected chi connectivity index (χ3v) is 4.21. The number of rotatable bonds is 4. The van der Waals surface area contributed by atoms with Crippen LogP contribution in [0.4, 0.5) is 15.8 Å². The molecule has 2 aromatic carbocycles. The Morgan fingerprint density at radius 2 is 1.77 bits per heavy atom. The number of halogens is 1. The molecule has 1 atom stereocenters. The molecule has 1 fully saturated rings. The maximum Gasteiger partial charge on any atom is 0.337 e. The highest BCUT2D eigenvalue weighted by Gasteiger charge is 2.35. The van der Waals surface area contributed by atoms with Gasteiger partial charge in [-0.15, -0.1) is 0 Å². The van der Waals surface area contributed by atoms with Crippen molar-refractivity contribution in [2.45, 2.75) is 6.42 Å². The summed E-state index contributed by atoms with van der Waals surface area (Å²) in [6, 6.07) is 11.9. The third kappa shape index (κ3) is 3.72. The van der Waals surface area contributed by atoms with E-state index in [1.807, 2.05) is 0 Å². The second kappa shape index (κ2) is 7.35. The Bertz CT molecular complexity index is 834. The molecule has 1 aliphatic rings. The number of nitrogens with one attached hydrogen (secondary N) is 1. The van der Waals surface area contributed by atoms with Gasteiger partial charge in [0.25, 0.3) is 0 Å². The molecule has 0 saturated carbocycles. The quantitative estimate of drug-likeness (QED) is 0.855. The first kappa shape index (κ1) is 17.6. The van der Waals surface area contributed by atoms with Crippen LogP contribution in [-0.4, -0.2) is 31.4 Å². The van der Waals surface area contributed by atoms with Crippen molar-refractivity contribution >= 4 is 29.2 Å². The standard InChI is InChI=1S/C19H17FN2O4/c1-26-19(25)12-2-8-16(9-3-12)22-11-13(10-17(22)23)18(24)21-15-6-4-14(20)5-7-15/h2-9,13H,10-11H2,1H3,(H,21,24). The monoisotopic (exact) mass is 356 g/mol. The molecule has 134 valence electrons. The summed E-state index contributed by atoms with van der Waals surface area (Å²) in [5.41, 5.74) is 1.47. The van der Waals surface area contributed by atoms with Crippen molar-refractivity contribution < 1.29 is 23.5 Å². The van der Waals surface area contributed by atoms with E-state index in [0.29, 0.717) is 16.9 Å². The first-order valence-electron chi connectivity index (χ1n) is 8.03. The fourth-order valence-electron chi connectivity index (χ4n) is 2.81. The molecule has 1 unspecified atom stereocenters. The smallest absolute Gasteiger partial charge is 0.337 e. The van der Waals surface area contributed by atoms with Crippen LogP contribution in [0.1, 0.15) is 16.8 Å². The van der Waals surface area contributed by atoms with Gasteiger partial charge in [0.2, 0.25) is 11.8 Å². The Labute approximate surface area is 149 Å². The average Bonchev–Trinajstić information content (AvgIpc) is 3.05. The first-order chi connectivity index (χ1) is 12.5. The van der Waals surface area contributed by atoms with Crippen LogP contribution in [0.3, 0.4) is 0 Å². The van der Waals surface area contributed by atoms with Crippen molar-refractivity contribution in [3.8, 4) is 0 Å². The molecule has 0 aliphatic carbocycles. The molecule has 2 amide bonds. The molecule has 3 rings (SSSR count). The zero-order valence-corrected chi connectivity index (χ0v) is 14.1. The van der Waals surface area contributed by atoms with E-state index >= 15 is 0 Å². The van der Waals surface area contributed by atoms with Crippen LogP contribution in [0, 0.1) is 11.7 Å². The predicted molar refractivity (Wildman–Crippen MR) is 93.3 cm³/mol. The summed E-state index contributed by atoms with van der Waals surface area (Å²) in [4.78, 5) is 37.6. The molecule has 1 aliphatic heterocycles. The normalized spacial score (nSPS) is 16.5. The van der Waals surface area contributed by atoms with E-state index in [9.17, 15) is 18.8 Å². The van der Waals surface area contributed by atoms with Crippen LogP contribution in [0.25, 0.3) is 0 Å². The summed E-state index contributed by atoms with van der Waals surface area (Å²) in [7, 11) is 1.30. The van der Waals surface area contributed by atoms with Gasteiger partial charge in [0.15, 0.2) is 0 Å². The van der Waals surface area contributed by atoms with E-state index in [0.717, 1.165) is 0 Å². The van der Waals surface area contributed by atoms with E-state index in [-0.39, 0.29) is 30.6 Å². The number of anilines is 2. The Morgan fingerprint density at radius 3 is 2.38 bits per heavy atom. The first-order valence-corrected chi connectivity index (χ1v) is 8.03. The zero-order chi connectivity index (χ0) is 18.7. The van der Waals surface area contributed by atoms with Crippen molar-refractivity contribution in [3.05, 3.63) is 59.9 Å². The Hall–Kier alpha value is -3.22. The third-order valence-electron chi connectivity index (χ3n) is 4.21. The molecule has 26 heavy (non-hydrogen) atoms. The minimum Gasteiger partial charge on any atom is -0.465 e. The summed E-state index contributed by atoms with van der Waals surface area (Å²) < 4.78 is 17.6. The van der Waals surface area contributed by atoms with Crippen molar-refractivity contribution in [2.75, 3.05) is 23.9 Å². The summed E-state index contributed by atoms with van der Waals surface area (Å²) in [5.74, 6) is -1.82. The minimum atomic E-state index is -0.507. The lowest BCUT2D eigenvalue weighted by atomic mass is 10.1. The molecule has 7 heteroatoms. The van der Waals surface area contributed by atoms with Crippen LogP contribution in [0.2, 0.25) is 0 Å². The van der Waals surface area contributed by atoms with E-state index in [1.165, 1.54) is 36.3 Å². The second-order valence-corrected chi connectivity index (χ2v) is 5.94. The number of nitrogens with zero attached hydrogens (tertiary/aromatic N) is 1. The number of carbonyl (C=O) groups is 3. The lowest BCUT2D eigenvalue weighted by Crippen LogP contribution is -2.28. The highest BCUT2D eigenvalue weighted by atomic mass is 19.1. The minimum absolute atomic E-state index is 0.0891. The Balaban J connectivity index is 1.67. The van der Waals surface area contributed by atoms with Gasteiger partial charge in [-0.3, -0.25) is 9.59 Å². The van der Waals surface area contributed by atoms with Gasteiger partial charge in [0, 0.05) is 24.3 Å². The van der Waals surface area contributed by atoms with Gasteiger partial charge in [0.05, 0.1) is 18.6 Å². The summed E-state index contributed by atoms with van der Waals surface area (Å²) in [6.07, 6.45) is 0.0891. The predicted octanol–water partition coefficient (Wildman–Crippen LogP) is 2.60.